The molecule has 1 aromatic carbocycles. The molecule has 1 rings (SSSR count). The Morgan fingerprint density at radius 1 is 1.35 bits per heavy atom. The van der Waals surface area contributed by atoms with Gasteiger partial charge in [0.25, 0.3) is 5.91 Å². The molecule has 1 aromatic rings. The van der Waals surface area contributed by atoms with Crippen LogP contribution in [0.3, 0.4) is 0 Å². The van der Waals surface area contributed by atoms with E-state index in [9.17, 15) is 14.7 Å². The van der Waals surface area contributed by atoms with E-state index in [4.69, 9.17) is 15.9 Å². The number of carbonyl (C=O) groups is 2. The van der Waals surface area contributed by atoms with Gasteiger partial charge in [0.05, 0.1) is 12.1 Å². The van der Waals surface area contributed by atoms with E-state index in [0.717, 1.165) is 6.07 Å². The zero-order valence-electron chi connectivity index (χ0n) is 8.75. The molecule has 0 aliphatic carbocycles. The predicted octanol–water partition coefficient (Wildman–Crippen LogP) is -1.33. The highest BCUT2D eigenvalue weighted by atomic mass is 16.3. The molecule has 7 heteroatoms. The molecule has 0 saturated carbocycles. The van der Waals surface area contributed by atoms with Gasteiger partial charge in [0.1, 0.15) is 17.6 Å². The second-order valence-corrected chi connectivity index (χ2v) is 3.33. The lowest BCUT2D eigenvalue weighted by atomic mass is 10.1. The number of carbonyl (C=O) groups excluding carboxylic acids is 2. The first-order chi connectivity index (χ1) is 7.91. The number of aromatic hydroxyl groups is 2. The lowest BCUT2D eigenvalue weighted by molar-refractivity contribution is -0.125. The smallest absolute Gasteiger partial charge is 0.255 e. The number of nitrogens with two attached hydrogens (primary N) is 1. The van der Waals surface area contributed by atoms with E-state index in [0.29, 0.717) is 0 Å². The Morgan fingerprint density at radius 3 is 2.53 bits per heavy atom. The van der Waals surface area contributed by atoms with Crippen LogP contribution in [0.15, 0.2) is 18.2 Å². The molecule has 0 fully saturated rings. The standard InChI is InChI=1S/C10H12N2O5/c11-9(16)8(15)4-12-10(17)6-2-1-5(13)3-7(6)14/h1-3,8,13-15H,4H2,(H2,11,16)(H,12,17). The van der Waals surface area contributed by atoms with Gasteiger partial charge in [-0.2, -0.15) is 0 Å². The summed E-state index contributed by atoms with van der Waals surface area (Å²) in [4.78, 5) is 22.0. The first-order valence-corrected chi connectivity index (χ1v) is 4.69. The molecule has 6 N–H and O–H groups in total. The SMILES string of the molecule is NC(=O)C(O)CNC(=O)c1ccc(O)cc1O. The molecule has 0 heterocycles. The summed E-state index contributed by atoms with van der Waals surface area (Å²) in [7, 11) is 0. The van der Waals surface area contributed by atoms with Crippen LogP contribution in [0.5, 0.6) is 11.5 Å². The Kier molecular flexibility index (Phi) is 3.89. The maximum Gasteiger partial charge on any atom is 0.255 e. The lowest BCUT2D eigenvalue weighted by Gasteiger charge is -2.09. The second-order valence-electron chi connectivity index (χ2n) is 3.33. The van der Waals surface area contributed by atoms with E-state index in [1.807, 2.05) is 0 Å². The van der Waals surface area contributed by atoms with Gasteiger partial charge in [-0.25, -0.2) is 0 Å². The summed E-state index contributed by atoms with van der Waals surface area (Å²) in [6.07, 6.45) is -1.49. The van der Waals surface area contributed by atoms with E-state index < -0.39 is 23.7 Å². The normalized spacial score (nSPS) is 11.8. The molecule has 0 saturated heterocycles. The zero-order valence-corrected chi connectivity index (χ0v) is 8.75. The fourth-order valence-corrected chi connectivity index (χ4v) is 1.10. The van der Waals surface area contributed by atoms with Gasteiger partial charge < -0.3 is 26.4 Å². The van der Waals surface area contributed by atoms with Crippen LogP contribution in [-0.4, -0.2) is 39.8 Å². The number of hydrogen-bond acceptors (Lipinski definition) is 5. The van der Waals surface area contributed by atoms with Crippen molar-refractivity contribution in [3.05, 3.63) is 23.8 Å². The number of benzene rings is 1. The molecule has 1 atom stereocenters. The minimum absolute atomic E-state index is 0.0838. The highest BCUT2D eigenvalue weighted by molar-refractivity contribution is 5.97. The van der Waals surface area contributed by atoms with E-state index in [-0.39, 0.29) is 17.9 Å². The molecular formula is C10H12N2O5. The Bertz CT molecular complexity index is 446. The Morgan fingerprint density at radius 2 is 2.00 bits per heavy atom. The van der Waals surface area contributed by atoms with Crippen LogP contribution in [0.25, 0.3) is 0 Å². The number of rotatable bonds is 4. The summed E-state index contributed by atoms with van der Waals surface area (Å²) < 4.78 is 0. The topological polar surface area (TPSA) is 133 Å². The molecule has 0 bridgehead atoms. The monoisotopic (exact) mass is 240 g/mol. The quantitative estimate of drug-likeness (QED) is 0.445. The third kappa shape index (κ3) is 3.35. The third-order valence-electron chi connectivity index (χ3n) is 2.01. The van der Waals surface area contributed by atoms with Gasteiger partial charge in [-0.1, -0.05) is 0 Å². The molecule has 2 amide bonds. The number of phenolic OH excluding ortho intramolecular Hbond substituents is 2. The van der Waals surface area contributed by atoms with Crippen LogP contribution < -0.4 is 11.1 Å². The van der Waals surface area contributed by atoms with Crippen LogP contribution in [0.2, 0.25) is 0 Å². The number of nitrogens with one attached hydrogen (secondary N) is 1. The van der Waals surface area contributed by atoms with Crippen molar-refractivity contribution in [1.29, 1.82) is 0 Å². The molecular weight excluding hydrogens is 228 g/mol. The lowest BCUT2D eigenvalue weighted by Crippen LogP contribution is -2.39. The van der Waals surface area contributed by atoms with Gasteiger partial charge in [0.2, 0.25) is 5.91 Å². The first kappa shape index (κ1) is 12.8. The van der Waals surface area contributed by atoms with Gasteiger partial charge in [0, 0.05) is 6.07 Å². The number of hydrogen-bond donors (Lipinski definition) is 5. The van der Waals surface area contributed by atoms with Crippen molar-refractivity contribution in [2.24, 2.45) is 5.73 Å². The molecule has 1 unspecified atom stereocenters. The minimum Gasteiger partial charge on any atom is -0.508 e. The summed E-state index contributed by atoms with van der Waals surface area (Å²) in [6, 6.07) is 3.43. The summed E-state index contributed by atoms with van der Waals surface area (Å²) in [5, 5.41) is 29.6. The average molecular weight is 240 g/mol. The van der Waals surface area contributed by atoms with Gasteiger partial charge in [-0.05, 0) is 12.1 Å². The molecule has 0 aliphatic rings. The molecule has 0 radical (unpaired) electrons. The van der Waals surface area contributed by atoms with Crippen molar-refractivity contribution in [2.75, 3.05) is 6.54 Å². The first-order valence-electron chi connectivity index (χ1n) is 4.69. The minimum atomic E-state index is -1.49. The largest absolute Gasteiger partial charge is 0.508 e. The van der Waals surface area contributed by atoms with Crippen LogP contribution in [-0.2, 0) is 4.79 Å². The number of aliphatic hydroxyl groups excluding tert-OH is 1. The molecule has 0 spiro atoms. The summed E-state index contributed by atoms with van der Waals surface area (Å²) >= 11 is 0. The molecule has 0 aromatic heterocycles. The highest BCUT2D eigenvalue weighted by Crippen LogP contribution is 2.22. The number of phenols is 2. The number of primary amides is 1. The van der Waals surface area contributed by atoms with Crippen LogP contribution in [0.4, 0.5) is 0 Å². The van der Waals surface area contributed by atoms with Gasteiger partial charge in [-0.3, -0.25) is 9.59 Å². The Balaban J connectivity index is 2.67. The summed E-state index contributed by atoms with van der Waals surface area (Å²) in [5.74, 6) is -2.24. The maximum absolute atomic E-state index is 11.5. The van der Waals surface area contributed by atoms with Crippen LogP contribution >= 0.6 is 0 Å². The van der Waals surface area contributed by atoms with Gasteiger partial charge in [0.15, 0.2) is 0 Å². The van der Waals surface area contributed by atoms with Crippen LogP contribution in [0, 0.1) is 0 Å². The van der Waals surface area contributed by atoms with Gasteiger partial charge in [-0.15, -0.1) is 0 Å². The van der Waals surface area contributed by atoms with Crippen molar-refractivity contribution in [1.82, 2.24) is 5.32 Å². The van der Waals surface area contributed by atoms with E-state index in [2.05, 4.69) is 5.32 Å². The van der Waals surface area contributed by atoms with E-state index >= 15 is 0 Å². The molecule has 92 valence electrons. The van der Waals surface area contributed by atoms with E-state index in [1.54, 1.807) is 0 Å². The summed E-state index contributed by atoms with van der Waals surface area (Å²) in [6.45, 7) is -0.353. The highest BCUT2D eigenvalue weighted by Gasteiger charge is 2.15. The van der Waals surface area contributed by atoms with Crippen molar-refractivity contribution in [2.45, 2.75) is 6.10 Å². The average Bonchev–Trinajstić information content (AvgIpc) is 2.25. The fraction of sp³-hybridized carbons (Fsp3) is 0.200. The Labute approximate surface area is 96.5 Å². The predicted molar refractivity (Wildman–Crippen MR) is 57.3 cm³/mol. The van der Waals surface area contributed by atoms with Crippen molar-refractivity contribution in [3.63, 3.8) is 0 Å². The third-order valence-corrected chi connectivity index (χ3v) is 2.01. The second kappa shape index (κ2) is 5.17. The number of amides is 2. The summed E-state index contributed by atoms with van der Waals surface area (Å²) in [5.41, 5.74) is 4.70. The maximum atomic E-state index is 11.5. The van der Waals surface area contributed by atoms with Crippen LogP contribution in [0.1, 0.15) is 10.4 Å². The fourth-order valence-electron chi connectivity index (χ4n) is 1.10. The molecule has 0 aliphatic heterocycles. The molecule has 7 nitrogen and oxygen atoms in total. The Hall–Kier alpha value is -2.28. The van der Waals surface area contributed by atoms with Crippen molar-refractivity contribution < 1.29 is 24.9 Å². The van der Waals surface area contributed by atoms with E-state index in [1.165, 1.54) is 12.1 Å². The zero-order chi connectivity index (χ0) is 13.0. The number of aliphatic hydroxyl groups is 1. The molecule has 17 heavy (non-hydrogen) atoms. The van der Waals surface area contributed by atoms with Crippen molar-refractivity contribution in [3.8, 4) is 11.5 Å². The van der Waals surface area contributed by atoms with Crippen molar-refractivity contribution >= 4 is 11.8 Å². The van der Waals surface area contributed by atoms with Gasteiger partial charge >= 0.3 is 0 Å².